The Labute approximate surface area is 173 Å². The van der Waals surface area contributed by atoms with Crippen molar-refractivity contribution >= 4 is 6.03 Å². The van der Waals surface area contributed by atoms with Crippen LogP contribution >= 0.6 is 0 Å². The molecule has 6 heteroatoms. The van der Waals surface area contributed by atoms with Gasteiger partial charge in [-0.2, -0.15) is 5.10 Å². The van der Waals surface area contributed by atoms with Crippen LogP contribution in [-0.4, -0.2) is 45.4 Å². The second kappa shape index (κ2) is 8.19. The lowest BCUT2D eigenvalue weighted by Gasteiger charge is -2.37. The van der Waals surface area contributed by atoms with Gasteiger partial charge in [0.2, 0.25) is 0 Å². The van der Waals surface area contributed by atoms with Crippen molar-refractivity contribution < 1.29 is 9.53 Å². The summed E-state index contributed by atoms with van der Waals surface area (Å²) in [7, 11) is 1.96. The van der Waals surface area contributed by atoms with E-state index in [1.54, 1.807) is 0 Å². The van der Waals surface area contributed by atoms with Crippen molar-refractivity contribution in [1.29, 1.82) is 0 Å². The molecule has 0 saturated carbocycles. The van der Waals surface area contributed by atoms with E-state index in [-0.39, 0.29) is 30.3 Å². The molecule has 1 aromatic heterocycles. The molecular weight excluding hydrogens is 364 g/mol. The fourth-order valence-corrected chi connectivity index (χ4v) is 4.84. The quantitative estimate of drug-likeness (QED) is 0.858. The SMILES string of the molecule is Cc1nn(C)c(C)c1CC(C)NC(=O)N1CCC[C@@H]2O[C@H](c3ccccc3)C[C@@H]21. The van der Waals surface area contributed by atoms with E-state index in [0.29, 0.717) is 0 Å². The van der Waals surface area contributed by atoms with Gasteiger partial charge in [-0.1, -0.05) is 30.3 Å². The van der Waals surface area contributed by atoms with Gasteiger partial charge in [0.15, 0.2) is 0 Å². The molecule has 1 N–H and O–H groups in total. The molecule has 0 aliphatic carbocycles. The summed E-state index contributed by atoms with van der Waals surface area (Å²) in [6.07, 6.45) is 3.90. The molecule has 2 amide bonds. The van der Waals surface area contributed by atoms with E-state index in [1.165, 1.54) is 11.1 Å². The highest BCUT2D eigenvalue weighted by molar-refractivity contribution is 5.75. The fraction of sp³-hybridized carbons (Fsp3) is 0.565. The maximum atomic E-state index is 13.1. The number of aryl methyl sites for hydroxylation is 2. The van der Waals surface area contributed by atoms with E-state index in [4.69, 9.17) is 4.74 Å². The predicted octanol–water partition coefficient (Wildman–Crippen LogP) is 3.67. The Bertz CT molecular complexity index is 863. The molecule has 0 bridgehead atoms. The number of rotatable bonds is 4. The summed E-state index contributed by atoms with van der Waals surface area (Å²) in [4.78, 5) is 15.1. The summed E-state index contributed by atoms with van der Waals surface area (Å²) >= 11 is 0. The fourth-order valence-electron chi connectivity index (χ4n) is 4.84. The topological polar surface area (TPSA) is 59.4 Å². The minimum absolute atomic E-state index is 0.0312. The number of aromatic nitrogens is 2. The molecule has 6 nitrogen and oxygen atoms in total. The van der Waals surface area contributed by atoms with Crippen LogP contribution in [0.15, 0.2) is 30.3 Å². The van der Waals surface area contributed by atoms with Crippen LogP contribution in [0.25, 0.3) is 0 Å². The van der Waals surface area contributed by atoms with E-state index >= 15 is 0 Å². The van der Waals surface area contributed by atoms with Gasteiger partial charge in [-0.25, -0.2) is 4.79 Å². The van der Waals surface area contributed by atoms with E-state index in [9.17, 15) is 4.79 Å². The Morgan fingerprint density at radius 2 is 2.07 bits per heavy atom. The summed E-state index contributed by atoms with van der Waals surface area (Å²) in [5.41, 5.74) is 4.64. The number of hydrogen-bond acceptors (Lipinski definition) is 3. The second-order valence-corrected chi connectivity index (χ2v) is 8.54. The molecule has 3 heterocycles. The van der Waals surface area contributed by atoms with Crippen LogP contribution in [0.1, 0.15) is 54.8 Å². The standard InChI is InChI=1S/C23H32N4O2/c1-15(13-19-16(2)25-26(4)17(19)3)24-23(28)27-12-8-11-21-20(27)14-22(29-21)18-9-6-5-7-10-18/h5-7,9-10,15,20-22H,8,11-14H2,1-4H3,(H,24,28)/t15?,20-,21-,22-/m0/s1. The monoisotopic (exact) mass is 396 g/mol. The Balaban J connectivity index is 1.40. The number of benzene rings is 1. The molecular formula is C23H32N4O2. The number of nitrogens with zero attached hydrogens (tertiary/aromatic N) is 3. The summed E-state index contributed by atoms with van der Waals surface area (Å²) in [6.45, 7) is 6.99. The van der Waals surface area contributed by atoms with Crippen LogP contribution < -0.4 is 5.32 Å². The zero-order chi connectivity index (χ0) is 20.5. The second-order valence-electron chi connectivity index (χ2n) is 8.54. The number of urea groups is 1. The average Bonchev–Trinajstić information content (AvgIpc) is 3.25. The molecule has 29 heavy (non-hydrogen) atoms. The van der Waals surface area contributed by atoms with E-state index in [1.807, 2.05) is 29.6 Å². The van der Waals surface area contributed by atoms with Gasteiger partial charge in [0.1, 0.15) is 0 Å². The van der Waals surface area contributed by atoms with Gasteiger partial charge in [-0.05, 0) is 51.2 Å². The minimum Gasteiger partial charge on any atom is -0.368 e. The molecule has 0 radical (unpaired) electrons. The maximum Gasteiger partial charge on any atom is 0.317 e. The highest BCUT2D eigenvalue weighted by atomic mass is 16.5. The Morgan fingerprint density at radius 3 is 2.76 bits per heavy atom. The van der Waals surface area contributed by atoms with Gasteiger partial charge in [-0.15, -0.1) is 0 Å². The smallest absolute Gasteiger partial charge is 0.317 e. The molecule has 2 aliphatic heterocycles. The third-order valence-electron chi connectivity index (χ3n) is 6.48. The van der Waals surface area contributed by atoms with Gasteiger partial charge in [0.25, 0.3) is 0 Å². The number of amides is 2. The number of hydrogen-bond donors (Lipinski definition) is 1. The third kappa shape index (κ3) is 4.04. The van der Waals surface area contributed by atoms with Crippen LogP contribution in [0, 0.1) is 13.8 Å². The summed E-state index contributed by atoms with van der Waals surface area (Å²) in [5, 5.41) is 7.71. The number of carbonyl (C=O) groups is 1. The van der Waals surface area contributed by atoms with Crippen molar-refractivity contribution in [2.24, 2.45) is 7.05 Å². The Morgan fingerprint density at radius 1 is 1.31 bits per heavy atom. The number of nitrogens with one attached hydrogen (secondary N) is 1. The molecule has 0 spiro atoms. The number of ether oxygens (including phenoxy) is 1. The van der Waals surface area contributed by atoms with Gasteiger partial charge in [0.05, 0.1) is 23.9 Å². The highest BCUT2D eigenvalue weighted by Crippen LogP contribution is 2.39. The van der Waals surface area contributed by atoms with Crippen molar-refractivity contribution in [2.45, 2.75) is 70.7 Å². The van der Waals surface area contributed by atoms with Gasteiger partial charge in [-0.3, -0.25) is 4.68 Å². The number of likely N-dealkylation sites (tertiary alicyclic amines) is 1. The first-order valence-electron chi connectivity index (χ1n) is 10.7. The highest BCUT2D eigenvalue weighted by Gasteiger charge is 2.43. The van der Waals surface area contributed by atoms with Crippen molar-refractivity contribution in [1.82, 2.24) is 20.0 Å². The lowest BCUT2D eigenvalue weighted by Crippen LogP contribution is -2.54. The molecule has 2 fully saturated rings. The maximum absolute atomic E-state index is 13.1. The van der Waals surface area contributed by atoms with Crippen LogP contribution in [0.2, 0.25) is 0 Å². The van der Waals surface area contributed by atoms with Crippen LogP contribution in [0.5, 0.6) is 0 Å². The summed E-state index contributed by atoms with van der Waals surface area (Å²) in [5.74, 6) is 0. The van der Waals surface area contributed by atoms with Gasteiger partial charge < -0.3 is 15.0 Å². The van der Waals surface area contributed by atoms with Crippen molar-refractivity contribution in [3.63, 3.8) is 0 Å². The van der Waals surface area contributed by atoms with Crippen LogP contribution in [0.4, 0.5) is 4.79 Å². The lowest BCUT2D eigenvalue weighted by molar-refractivity contribution is 0.00534. The van der Waals surface area contributed by atoms with E-state index in [0.717, 1.165) is 43.6 Å². The van der Waals surface area contributed by atoms with Crippen LogP contribution in [-0.2, 0) is 18.2 Å². The van der Waals surface area contributed by atoms with E-state index in [2.05, 4.69) is 48.5 Å². The number of piperidine rings is 1. The first-order chi connectivity index (χ1) is 13.9. The molecule has 2 aliphatic rings. The van der Waals surface area contributed by atoms with Crippen molar-refractivity contribution in [3.8, 4) is 0 Å². The molecule has 1 aromatic carbocycles. The third-order valence-corrected chi connectivity index (χ3v) is 6.48. The number of carbonyl (C=O) groups excluding carboxylic acids is 1. The normalized spacial score (nSPS) is 25.0. The molecule has 2 saturated heterocycles. The summed E-state index contributed by atoms with van der Waals surface area (Å²) in [6, 6.07) is 10.6. The molecule has 4 atom stereocenters. The Hall–Kier alpha value is -2.34. The zero-order valence-corrected chi connectivity index (χ0v) is 17.9. The minimum atomic E-state index is 0.0312. The first kappa shape index (κ1) is 20.0. The van der Waals surface area contributed by atoms with Crippen LogP contribution in [0.3, 0.4) is 0 Å². The molecule has 2 aromatic rings. The Kier molecular flexibility index (Phi) is 5.63. The predicted molar refractivity (Wildman–Crippen MR) is 113 cm³/mol. The largest absolute Gasteiger partial charge is 0.368 e. The summed E-state index contributed by atoms with van der Waals surface area (Å²) < 4.78 is 8.24. The molecule has 4 rings (SSSR count). The van der Waals surface area contributed by atoms with Crippen molar-refractivity contribution in [3.05, 3.63) is 52.8 Å². The molecule has 156 valence electrons. The van der Waals surface area contributed by atoms with E-state index < -0.39 is 0 Å². The average molecular weight is 397 g/mol. The van der Waals surface area contributed by atoms with Crippen molar-refractivity contribution in [2.75, 3.05) is 6.54 Å². The lowest BCUT2D eigenvalue weighted by atomic mass is 9.96. The molecule has 1 unspecified atom stereocenters. The van der Waals surface area contributed by atoms with Gasteiger partial charge >= 0.3 is 6.03 Å². The first-order valence-corrected chi connectivity index (χ1v) is 10.7. The van der Waals surface area contributed by atoms with Gasteiger partial charge in [0, 0.05) is 31.7 Å². The number of fused-ring (bicyclic) bond motifs is 1. The zero-order valence-electron chi connectivity index (χ0n) is 17.9.